The summed E-state index contributed by atoms with van der Waals surface area (Å²) in [6, 6.07) is 5.33. The minimum absolute atomic E-state index is 0.0116. The van der Waals surface area contributed by atoms with Crippen molar-refractivity contribution in [2.75, 3.05) is 6.26 Å². The van der Waals surface area contributed by atoms with Gasteiger partial charge in [0.15, 0.2) is 0 Å². The molecule has 0 heterocycles. The van der Waals surface area contributed by atoms with Crippen molar-refractivity contribution in [2.45, 2.75) is 11.1 Å². The lowest BCUT2D eigenvalue weighted by atomic mass is 10.1. The van der Waals surface area contributed by atoms with Gasteiger partial charge in [-0.05, 0) is 18.4 Å². The fraction of sp³-hybridized carbons (Fsp3) is 0.222. The topological polar surface area (TPSA) is 23.8 Å². The molecule has 0 radical (unpaired) electrons. The van der Waals surface area contributed by atoms with Crippen LogP contribution in [0, 0.1) is 11.3 Å². The number of thioether (sulfide) groups is 1. The summed E-state index contributed by atoms with van der Waals surface area (Å²) in [6.45, 7) is 0. The molecule has 1 aromatic rings. The Morgan fingerprint density at radius 3 is 2.43 bits per heavy atom. The van der Waals surface area contributed by atoms with Crippen molar-refractivity contribution in [3.63, 3.8) is 0 Å². The van der Waals surface area contributed by atoms with Gasteiger partial charge >= 0.3 is 6.18 Å². The van der Waals surface area contributed by atoms with Gasteiger partial charge in [0.05, 0.1) is 11.1 Å². The molecule has 0 atom stereocenters. The number of nitriles is 1. The molecule has 0 unspecified atom stereocenters. The zero-order valence-corrected chi connectivity index (χ0v) is 8.04. The minimum Gasteiger partial charge on any atom is -0.192 e. The van der Waals surface area contributed by atoms with Gasteiger partial charge in [0.25, 0.3) is 0 Å². The first-order valence-corrected chi connectivity index (χ1v) is 4.87. The van der Waals surface area contributed by atoms with Gasteiger partial charge in [0.2, 0.25) is 0 Å². The smallest absolute Gasteiger partial charge is 0.192 e. The van der Waals surface area contributed by atoms with Crippen molar-refractivity contribution < 1.29 is 13.2 Å². The molecule has 0 bridgehead atoms. The Kier molecular flexibility index (Phi) is 3.06. The molecule has 0 aliphatic carbocycles. The van der Waals surface area contributed by atoms with Crippen molar-refractivity contribution in [3.05, 3.63) is 29.3 Å². The van der Waals surface area contributed by atoms with E-state index in [0.717, 1.165) is 17.8 Å². The third-order valence-corrected chi connectivity index (χ3v) is 2.49. The molecule has 5 heteroatoms. The highest BCUT2D eigenvalue weighted by Crippen LogP contribution is 2.37. The van der Waals surface area contributed by atoms with Crippen LogP contribution >= 0.6 is 11.8 Å². The summed E-state index contributed by atoms with van der Waals surface area (Å²) in [5.74, 6) is 0. The van der Waals surface area contributed by atoms with E-state index in [0.29, 0.717) is 0 Å². The van der Waals surface area contributed by atoms with E-state index in [1.807, 2.05) is 0 Å². The highest BCUT2D eigenvalue weighted by Gasteiger charge is 2.33. The maximum atomic E-state index is 12.4. The lowest BCUT2D eigenvalue weighted by molar-refractivity contribution is -0.139. The number of hydrogen-bond acceptors (Lipinski definition) is 2. The summed E-state index contributed by atoms with van der Waals surface area (Å²) in [4.78, 5) is -0.0116. The van der Waals surface area contributed by atoms with E-state index in [9.17, 15) is 13.2 Å². The molecule has 14 heavy (non-hydrogen) atoms. The van der Waals surface area contributed by atoms with Gasteiger partial charge in [0.1, 0.15) is 6.07 Å². The van der Waals surface area contributed by atoms with E-state index in [1.54, 1.807) is 6.07 Å². The molecule has 0 aliphatic rings. The van der Waals surface area contributed by atoms with E-state index >= 15 is 0 Å². The quantitative estimate of drug-likeness (QED) is 0.674. The lowest BCUT2D eigenvalue weighted by Gasteiger charge is -2.11. The summed E-state index contributed by atoms with van der Waals surface area (Å²) in [5, 5.41) is 8.61. The molecule has 0 amide bonds. The Hall–Kier alpha value is -1.15. The van der Waals surface area contributed by atoms with E-state index < -0.39 is 11.7 Å². The molecule has 0 saturated carbocycles. The summed E-state index contributed by atoms with van der Waals surface area (Å²) in [6.07, 6.45) is -2.88. The van der Waals surface area contributed by atoms with Crippen LogP contribution in [-0.2, 0) is 6.18 Å². The molecular formula is C9H6F3NS. The highest BCUT2D eigenvalue weighted by atomic mass is 32.2. The Bertz CT molecular complexity index is 379. The molecule has 74 valence electrons. The number of rotatable bonds is 1. The predicted octanol–water partition coefficient (Wildman–Crippen LogP) is 3.30. The van der Waals surface area contributed by atoms with Crippen molar-refractivity contribution in [2.24, 2.45) is 0 Å². The zero-order valence-electron chi connectivity index (χ0n) is 7.22. The standard InChI is InChI=1S/C9H6F3NS/c1-14-8-6(5-13)3-2-4-7(8)9(10,11)12/h2-4H,1H3. The molecular weight excluding hydrogens is 211 g/mol. The molecule has 0 aliphatic heterocycles. The summed E-state index contributed by atoms with van der Waals surface area (Å²) < 4.78 is 37.3. The van der Waals surface area contributed by atoms with Crippen molar-refractivity contribution in [3.8, 4) is 6.07 Å². The predicted molar refractivity (Wildman–Crippen MR) is 47.9 cm³/mol. The van der Waals surface area contributed by atoms with Crippen LogP contribution in [0.4, 0.5) is 13.2 Å². The fourth-order valence-corrected chi connectivity index (χ4v) is 1.81. The first kappa shape index (κ1) is 10.9. The fourth-order valence-electron chi connectivity index (χ4n) is 1.07. The van der Waals surface area contributed by atoms with Gasteiger partial charge in [-0.3, -0.25) is 0 Å². The zero-order chi connectivity index (χ0) is 10.8. The second-order valence-electron chi connectivity index (χ2n) is 2.50. The van der Waals surface area contributed by atoms with Crippen LogP contribution < -0.4 is 0 Å². The third kappa shape index (κ3) is 2.02. The maximum Gasteiger partial charge on any atom is 0.417 e. The first-order valence-electron chi connectivity index (χ1n) is 3.65. The van der Waals surface area contributed by atoms with Crippen LogP contribution in [0.5, 0.6) is 0 Å². The Balaban J connectivity index is 3.39. The summed E-state index contributed by atoms with van der Waals surface area (Å²) >= 11 is 0.931. The largest absolute Gasteiger partial charge is 0.417 e. The van der Waals surface area contributed by atoms with E-state index in [2.05, 4.69) is 0 Å². The molecule has 1 aromatic carbocycles. The van der Waals surface area contributed by atoms with Crippen LogP contribution in [0.3, 0.4) is 0 Å². The van der Waals surface area contributed by atoms with Crippen molar-refractivity contribution in [1.82, 2.24) is 0 Å². The van der Waals surface area contributed by atoms with Crippen LogP contribution in [-0.4, -0.2) is 6.26 Å². The van der Waals surface area contributed by atoms with Crippen LogP contribution in [0.1, 0.15) is 11.1 Å². The molecule has 0 aromatic heterocycles. The molecule has 0 spiro atoms. The maximum absolute atomic E-state index is 12.4. The van der Waals surface area contributed by atoms with Crippen LogP contribution in [0.15, 0.2) is 23.1 Å². The monoisotopic (exact) mass is 217 g/mol. The SMILES string of the molecule is CSc1c(C#N)cccc1C(F)(F)F. The van der Waals surface area contributed by atoms with Gasteiger partial charge < -0.3 is 0 Å². The van der Waals surface area contributed by atoms with Gasteiger partial charge in [-0.2, -0.15) is 18.4 Å². The molecule has 1 rings (SSSR count). The average Bonchev–Trinajstić information content (AvgIpc) is 2.15. The third-order valence-electron chi connectivity index (χ3n) is 1.65. The lowest BCUT2D eigenvalue weighted by Crippen LogP contribution is -2.07. The molecule has 1 nitrogen and oxygen atoms in total. The van der Waals surface area contributed by atoms with Crippen molar-refractivity contribution in [1.29, 1.82) is 5.26 Å². The Morgan fingerprint density at radius 2 is 2.00 bits per heavy atom. The second kappa shape index (κ2) is 3.93. The van der Waals surface area contributed by atoms with Crippen LogP contribution in [0.2, 0.25) is 0 Å². The average molecular weight is 217 g/mol. The molecule has 0 fully saturated rings. The number of alkyl halides is 3. The summed E-state index contributed by atoms with van der Waals surface area (Å²) in [5.41, 5.74) is -0.684. The van der Waals surface area contributed by atoms with Gasteiger partial charge in [0, 0.05) is 4.90 Å². The van der Waals surface area contributed by atoms with Crippen molar-refractivity contribution >= 4 is 11.8 Å². The second-order valence-corrected chi connectivity index (χ2v) is 3.31. The normalized spacial score (nSPS) is 11.1. The number of hydrogen-bond donors (Lipinski definition) is 0. The number of benzene rings is 1. The van der Waals surface area contributed by atoms with E-state index in [1.165, 1.54) is 18.4 Å². The van der Waals surface area contributed by atoms with E-state index in [-0.39, 0.29) is 10.5 Å². The minimum atomic E-state index is -4.40. The Morgan fingerprint density at radius 1 is 1.36 bits per heavy atom. The highest BCUT2D eigenvalue weighted by molar-refractivity contribution is 7.98. The number of nitrogens with zero attached hydrogens (tertiary/aromatic N) is 1. The van der Waals surface area contributed by atoms with Gasteiger partial charge in [-0.25, -0.2) is 0 Å². The van der Waals surface area contributed by atoms with Gasteiger partial charge in [-0.15, -0.1) is 11.8 Å². The van der Waals surface area contributed by atoms with Gasteiger partial charge in [-0.1, -0.05) is 6.07 Å². The van der Waals surface area contributed by atoms with E-state index in [4.69, 9.17) is 5.26 Å². The molecule has 0 saturated heterocycles. The Labute approximate surface area is 83.5 Å². The number of halogens is 3. The first-order chi connectivity index (χ1) is 6.50. The summed E-state index contributed by atoms with van der Waals surface area (Å²) in [7, 11) is 0. The van der Waals surface area contributed by atoms with Crippen LogP contribution in [0.25, 0.3) is 0 Å². The molecule has 0 N–H and O–H groups in total.